The number of aromatic nitrogens is 4. The van der Waals surface area contributed by atoms with E-state index in [4.69, 9.17) is 14.4 Å². The van der Waals surface area contributed by atoms with Gasteiger partial charge in [0.25, 0.3) is 0 Å². The van der Waals surface area contributed by atoms with Crippen molar-refractivity contribution in [1.82, 2.24) is 19.7 Å². The fourth-order valence-corrected chi connectivity index (χ4v) is 3.96. The zero-order chi connectivity index (χ0) is 18.5. The number of fused-ring (bicyclic) bond motifs is 2. The summed E-state index contributed by atoms with van der Waals surface area (Å²) >= 11 is 1.67. The lowest BCUT2D eigenvalue weighted by Gasteiger charge is -2.08. The SMILES string of the molecule is Cc1ccc2nc(-c3cc(-c4cccs4)nc4c3cnn4C(C)C)oc2c1. The van der Waals surface area contributed by atoms with Crippen molar-refractivity contribution in [2.75, 3.05) is 0 Å². The summed E-state index contributed by atoms with van der Waals surface area (Å²) in [5, 5.41) is 7.57. The number of hydrogen-bond acceptors (Lipinski definition) is 5. The predicted octanol–water partition coefficient (Wildman–Crippen LogP) is 5.86. The molecule has 6 heteroatoms. The zero-order valence-corrected chi connectivity index (χ0v) is 16.1. The first-order valence-electron chi connectivity index (χ1n) is 8.90. The van der Waals surface area contributed by atoms with Crippen molar-refractivity contribution in [1.29, 1.82) is 0 Å². The van der Waals surface area contributed by atoms with Crippen LogP contribution in [0.15, 0.2) is 52.4 Å². The highest BCUT2D eigenvalue weighted by Crippen LogP contribution is 2.35. The fourth-order valence-electron chi connectivity index (χ4n) is 3.27. The van der Waals surface area contributed by atoms with Gasteiger partial charge in [-0.1, -0.05) is 12.1 Å². The van der Waals surface area contributed by atoms with Gasteiger partial charge in [0.1, 0.15) is 5.52 Å². The third-order valence-corrected chi connectivity index (χ3v) is 5.50. The number of thiophene rings is 1. The Hall–Kier alpha value is -2.99. The van der Waals surface area contributed by atoms with E-state index >= 15 is 0 Å². The molecule has 0 saturated carbocycles. The van der Waals surface area contributed by atoms with Crippen LogP contribution < -0.4 is 0 Å². The van der Waals surface area contributed by atoms with Crippen LogP contribution in [-0.2, 0) is 0 Å². The molecule has 0 unspecified atom stereocenters. The van der Waals surface area contributed by atoms with Gasteiger partial charge in [0.05, 0.1) is 27.7 Å². The lowest BCUT2D eigenvalue weighted by atomic mass is 10.1. The number of aryl methyl sites for hydroxylation is 1. The van der Waals surface area contributed by atoms with Crippen LogP contribution in [-0.4, -0.2) is 19.7 Å². The third-order valence-electron chi connectivity index (χ3n) is 4.60. The molecular weight excluding hydrogens is 356 g/mol. The third kappa shape index (κ3) is 2.64. The number of oxazole rings is 1. The van der Waals surface area contributed by atoms with Crippen molar-refractivity contribution in [2.24, 2.45) is 0 Å². The molecule has 1 aromatic carbocycles. The molecule has 0 bridgehead atoms. The first-order chi connectivity index (χ1) is 13.1. The van der Waals surface area contributed by atoms with E-state index in [1.54, 1.807) is 11.3 Å². The van der Waals surface area contributed by atoms with Crippen molar-refractivity contribution >= 4 is 33.5 Å². The number of benzene rings is 1. The number of nitrogens with zero attached hydrogens (tertiary/aromatic N) is 4. The average molecular weight is 374 g/mol. The van der Waals surface area contributed by atoms with Crippen LogP contribution in [0.2, 0.25) is 0 Å². The lowest BCUT2D eigenvalue weighted by Crippen LogP contribution is -2.03. The largest absolute Gasteiger partial charge is 0.436 e. The molecule has 5 rings (SSSR count). The van der Waals surface area contributed by atoms with Crippen LogP contribution in [0.1, 0.15) is 25.5 Å². The Balaban J connectivity index is 1.81. The molecule has 5 nitrogen and oxygen atoms in total. The molecule has 0 aliphatic heterocycles. The molecule has 0 spiro atoms. The van der Waals surface area contributed by atoms with Gasteiger partial charge in [-0.25, -0.2) is 14.6 Å². The molecule has 0 aliphatic rings. The molecule has 0 amide bonds. The maximum atomic E-state index is 6.11. The van der Waals surface area contributed by atoms with Gasteiger partial charge in [-0.2, -0.15) is 5.10 Å². The number of hydrogen-bond donors (Lipinski definition) is 0. The van der Waals surface area contributed by atoms with E-state index in [0.717, 1.165) is 43.8 Å². The molecular formula is C21H18N4OS. The quantitative estimate of drug-likeness (QED) is 0.397. The Morgan fingerprint density at radius 2 is 2.00 bits per heavy atom. The molecule has 0 aliphatic carbocycles. The summed E-state index contributed by atoms with van der Waals surface area (Å²) in [5.41, 5.74) is 5.48. The standard InChI is InChI=1S/C21H18N4OS/c1-12(2)25-20-15(11-22-25)14(10-17(23-20)19-5-4-8-27-19)21-24-16-7-6-13(3)9-18(16)26-21/h4-12H,1-3H3. The molecule has 0 saturated heterocycles. The summed E-state index contributed by atoms with van der Waals surface area (Å²) in [6.07, 6.45) is 1.86. The smallest absolute Gasteiger partial charge is 0.228 e. The highest BCUT2D eigenvalue weighted by atomic mass is 32.1. The second-order valence-corrected chi connectivity index (χ2v) is 7.89. The second-order valence-electron chi connectivity index (χ2n) is 6.94. The van der Waals surface area contributed by atoms with Crippen LogP contribution in [0.5, 0.6) is 0 Å². The van der Waals surface area contributed by atoms with E-state index in [2.05, 4.69) is 36.5 Å². The molecule has 0 atom stereocenters. The van der Waals surface area contributed by atoms with Crippen molar-refractivity contribution < 1.29 is 4.42 Å². The van der Waals surface area contributed by atoms with Gasteiger partial charge >= 0.3 is 0 Å². The van der Waals surface area contributed by atoms with Gasteiger partial charge in [-0.15, -0.1) is 11.3 Å². The Bertz CT molecular complexity index is 1260. The van der Waals surface area contributed by atoms with E-state index in [1.165, 1.54) is 0 Å². The summed E-state index contributed by atoms with van der Waals surface area (Å²) in [6, 6.07) is 12.4. The normalized spacial score (nSPS) is 11.9. The molecule has 4 heterocycles. The van der Waals surface area contributed by atoms with E-state index in [1.807, 2.05) is 42.1 Å². The fraction of sp³-hybridized carbons (Fsp3) is 0.190. The topological polar surface area (TPSA) is 56.7 Å². The molecule has 134 valence electrons. The Kier molecular flexibility index (Phi) is 3.62. The van der Waals surface area contributed by atoms with E-state index < -0.39 is 0 Å². The monoisotopic (exact) mass is 374 g/mol. The van der Waals surface area contributed by atoms with Crippen LogP contribution in [0.4, 0.5) is 0 Å². The van der Waals surface area contributed by atoms with Gasteiger partial charge < -0.3 is 4.42 Å². The van der Waals surface area contributed by atoms with Crippen molar-refractivity contribution in [3.8, 4) is 22.0 Å². The minimum absolute atomic E-state index is 0.215. The zero-order valence-electron chi connectivity index (χ0n) is 15.3. The number of pyridine rings is 1. The summed E-state index contributed by atoms with van der Waals surface area (Å²) in [5.74, 6) is 0.601. The first-order valence-corrected chi connectivity index (χ1v) is 9.78. The van der Waals surface area contributed by atoms with Crippen LogP contribution in [0.25, 0.3) is 44.2 Å². The van der Waals surface area contributed by atoms with Gasteiger partial charge in [0, 0.05) is 6.04 Å². The minimum Gasteiger partial charge on any atom is -0.436 e. The maximum Gasteiger partial charge on any atom is 0.228 e. The summed E-state index contributed by atoms with van der Waals surface area (Å²) < 4.78 is 8.06. The van der Waals surface area contributed by atoms with Gasteiger partial charge in [-0.05, 0) is 56.0 Å². The highest BCUT2D eigenvalue weighted by Gasteiger charge is 2.19. The minimum atomic E-state index is 0.215. The lowest BCUT2D eigenvalue weighted by molar-refractivity contribution is 0.546. The van der Waals surface area contributed by atoms with Crippen LogP contribution in [0, 0.1) is 6.92 Å². The second kappa shape index (κ2) is 6.03. The first kappa shape index (κ1) is 16.2. The highest BCUT2D eigenvalue weighted by molar-refractivity contribution is 7.13. The van der Waals surface area contributed by atoms with Crippen LogP contribution in [0.3, 0.4) is 0 Å². The Morgan fingerprint density at radius 1 is 1.11 bits per heavy atom. The Labute approximate surface area is 160 Å². The van der Waals surface area contributed by atoms with Crippen molar-refractivity contribution in [3.05, 3.63) is 53.5 Å². The van der Waals surface area contributed by atoms with E-state index in [-0.39, 0.29) is 6.04 Å². The van der Waals surface area contributed by atoms with E-state index in [9.17, 15) is 0 Å². The van der Waals surface area contributed by atoms with Gasteiger partial charge in [0.2, 0.25) is 5.89 Å². The van der Waals surface area contributed by atoms with Crippen molar-refractivity contribution in [2.45, 2.75) is 26.8 Å². The molecule has 5 aromatic rings. The maximum absolute atomic E-state index is 6.11. The molecule has 0 radical (unpaired) electrons. The summed E-state index contributed by atoms with van der Waals surface area (Å²) in [4.78, 5) is 10.7. The molecule has 27 heavy (non-hydrogen) atoms. The number of rotatable bonds is 3. The predicted molar refractivity (Wildman–Crippen MR) is 109 cm³/mol. The summed E-state index contributed by atoms with van der Waals surface area (Å²) in [7, 11) is 0. The average Bonchev–Trinajstić information content (AvgIpc) is 3.38. The Morgan fingerprint density at radius 3 is 2.78 bits per heavy atom. The van der Waals surface area contributed by atoms with Crippen molar-refractivity contribution in [3.63, 3.8) is 0 Å². The van der Waals surface area contributed by atoms with Gasteiger partial charge in [0.15, 0.2) is 11.2 Å². The molecule has 0 N–H and O–H groups in total. The van der Waals surface area contributed by atoms with Gasteiger partial charge in [-0.3, -0.25) is 0 Å². The summed E-state index contributed by atoms with van der Waals surface area (Å²) in [6.45, 7) is 6.26. The van der Waals surface area contributed by atoms with E-state index in [0.29, 0.717) is 5.89 Å². The van der Waals surface area contributed by atoms with Crippen LogP contribution >= 0.6 is 11.3 Å². The molecule has 0 fully saturated rings. The molecule has 4 aromatic heterocycles.